The molecule has 0 aliphatic heterocycles. The van der Waals surface area contributed by atoms with Crippen LogP contribution in [0.25, 0.3) is 0 Å². The molecule has 0 radical (unpaired) electrons. The zero-order valence-corrected chi connectivity index (χ0v) is 10.6. The third-order valence-corrected chi connectivity index (χ3v) is 3.30. The Hall–Kier alpha value is -1.55. The molecule has 1 unspecified atom stereocenters. The zero-order chi connectivity index (χ0) is 13.0. The van der Waals surface area contributed by atoms with E-state index >= 15 is 0 Å². The van der Waals surface area contributed by atoms with Gasteiger partial charge in [0.15, 0.2) is 0 Å². The number of fused-ring (bicyclic) bond motifs is 1. The van der Waals surface area contributed by atoms with E-state index in [0.29, 0.717) is 13.0 Å². The third kappa shape index (κ3) is 2.82. The number of hydrogen-bond donors (Lipinski definition) is 2. The van der Waals surface area contributed by atoms with Crippen molar-refractivity contribution in [3.05, 3.63) is 29.3 Å². The smallest absolute Gasteiger partial charge is 0.223 e. The lowest BCUT2D eigenvalue weighted by molar-refractivity contribution is -0.121. The van der Waals surface area contributed by atoms with Crippen molar-refractivity contribution in [3.8, 4) is 5.75 Å². The summed E-state index contributed by atoms with van der Waals surface area (Å²) >= 11 is 0. The summed E-state index contributed by atoms with van der Waals surface area (Å²) in [5.74, 6) is 0.773. The Bertz CT molecular complexity index is 431. The molecule has 1 amide bonds. The van der Waals surface area contributed by atoms with Crippen LogP contribution in [0.4, 0.5) is 0 Å². The molecule has 2 rings (SSSR count). The van der Waals surface area contributed by atoms with Gasteiger partial charge in [-0.25, -0.2) is 0 Å². The minimum Gasteiger partial charge on any atom is -0.493 e. The summed E-state index contributed by atoms with van der Waals surface area (Å²) in [7, 11) is 1.61. The lowest BCUT2D eigenvalue weighted by atomic mass is 9.89. The summed E-state index contributed by atoms with van der Waals surface area (Å²) in [6.45, 7) is 0.367. The number of carbonyl (C=O) groups is 1. The van der Waals surface area contributed by atoms with Crippen molar-refractivity contribution < 1.29 is 14.6 Å². The van der Waals surface area contributed by atoms with Gasteiger partial charge in [-0.05, 0) is 36.5 Å². The highest BCUT2D eigenvalue weighted by Crippen LogP contribution is 2.35. The van der Waals surface area contributed by atoms with E-state index in [1.54, 1.807) is 7.05 Å². The van der Waals surface area contributed by atoms with E-state index in [0.717, 1.165) is 36.1 Å². The first-order valence-electron chi connectivity index (χ1n) is 6.35. The lowest BCUT2D eigenvalue weighted by Crippen LogP contribution is -2.20. The molecule has 0 fully saturated rings. The highest BCUT2D eigenvalue weighted by atomic mass is 16.5. The lowest BCUT2D eigenvalue weighted by Gasteiger charge is -2.23. The average Bonchev–Trinajstić information content (AvgIpc) is 2.39. The second kappa shape index (κ2) is 5.87. The summed E-state index contributed by atoms with van der Waals surface area (Å²) < 4.78 is 5.65. The van der Waals surface area contributed by atoms with Crippen molar-refractivity contribution in [2.75, 3.05) is 13.7 Å². The van der Waals surface area contributed by atoms with Crippen LogP contribution < -0.4 is 10.1 Å². The van der Waals surface area contributed by atoms with Crippen LogP contribution >= 0.6 is 0 Å². The van der Waals surface area contributed by atoms with Crippen LogP contribution in [0.3, 0.4) is 0 Å². The van der Waals surface area contributed by atoms with Crippen molar-refractivity contribution in [2.24, 2.45) is 0 Å². The maximum Gasteiger partial charge on any atom is 0.223 e. The molecule has 0 spiro atoms. The molecule has 4 nitrogen and oxygen atoms in total. The molecule has 1 aromatic carbocycles. The van der Waals surface area contributed by atoms with E-state index in [2.05, 4.69) is 5.32 Å². The number of carbonyl (C=O) groups excluding carboxylic acids is 1. The topological polar surface area (TPSA) is 58.6 Å². The Balaban J connectivity index is 2.05. The monoisotopic (exact) mass is 249 g/mol. The van der Waals surface area contributed by atoms with Gasteiger partial charge in [-0.1, -0.05) is 12.1 Å². The molecular formula is C14H19NO3. The molecule has 1 aliphatic rings. The summed E-state index contributed by atoms with van der Waals surface area (Å²) in [4.78, 5) is 11.1. The van der Waals surface area contributed by atoms with Crippen LogP contribution in [0.15, 0.2) is 18.2 Å². The molecule has 0 heterocycles. The van der Waals surface area contributed by atoms with Crippen LogP contribution in [-0.4, -0.2) is 24.7 Å². The fourth-order valence-corrected chi connectivity index (χ4v) is 2.30. The number of rotatable bonds is 4. The van der Waals surface area contributed by atoms with E-state index in [9.17, 15) is 9.90 Å². The van der Waals surface area contributed by atoms with Gasteiger partial charge in [0.05, 0.1) is 19.1 Å². The number of amides is 1. The van der Waals surface area contributed by atoms with Crippen LogP contribution in [0.5, 0.6) is 5.75 Å². The van der Waals surface area contributed by atoms with Gasteiger partial charge < -0.3 is 15.2 Å². The first-order chi connectivity index (χ1) is 8.72. The van der Waals surface area contributed by atoms with Gasteiger partial charge in [-0.15, -0.1) is 0 Å². The molecule has 98 valence electrons. The molecule has 0 bridgehead atoms. The van der Waals surface area contributed by atoms with Gasteiger partial charge in [0.2, 0.25) is 5.91 Å². The van der Waals surface area contributed by atoms with E-state index in [-0.39, 0.29) is 12.0 Å². The number of benzene rings is 1. The highest BCUT2D eigenvalue weighted by Gasteiger charge is 2.20. The van der Waals surface area contributed by atoms with Crippen molar-refractivity contribution >= 4 is 5.91 Å². The third-order valence-electron chi connectivity index (χ3n) is 3.30. The van der Waals surface area contributed by atoms with E-state index in [4.69, 9.17) is 4.74 Å². The highest BCUT2D eigenvalue weighted by molar-refractivity contribution is 5.75. The first-order valence-corrected chi connectivity index (χ1v) is 6.35. The largest absolute Gasteiger partial charge is 0.493 e. The number of hydrogen-bond acceptors (Lipinski definition) is 3. The van der Waals surface area contributed by atoms with E-state index in [1.807, 2.05) is 18.2 Å². The molecule has 0 aromatic heterocycles. The van der Waals surface area contributed by atoms with Gasteiger partial charge in [-0.2, -0.15) is 0 Å². The predicted molar refractivity (Wildman–Crippen MR) is 68.5 cm³/mol. The number of aliphatic hydroxyl groups is 1. The Morgan fingerprint density at radius 1 is 1.56 bits per heavy atom. The quantitative estimate of drug-likeness (QED) is 0.851. The summed E-state index contributed by atoms with van der Waals surface area (Å²) in [5.41, 5.74) is 2.06. The number of ether oxygens (including phenoxy) is 1. The van der Waals surface area contributed by atoms with Crippen LogP contribution in [-0.2, 0) is 11.2 Å². The molecule has 0 saturated heterocycles. The Kier molecular flexibility index (Phi) is 4.20. The zero-order valence-electron chi connectivity index (χ0n) is 10.6. The minimum absolute atomic E-state index is 0.0279. The van der Waals surface area contributed by atoms with Crippen molar-refractivity contribution in [1.29, 1.82) is 0 Å². The Morgan fingerprint density at radius 2 is 2.39 bits per heavy atom. The van der Waals surface area contributed by atoms with Gasteiger partial charge in [-0.3, -0.25) is 4.79 Å². The predicted octanol–water partition coefficient (Wildman–Crippen LogP) is 1.57. The number of aliphatic hydroxyl groups excluding tert-OH is 1. The summed E-state index contributed by atoms with van der Waals surface area (Å²) in [6.07, 6.45) is 2.69. The molecule has 0 saturated carbocycles. The minimum atomic E-state index is -0.378. The Morgan fingerprint density at radius 3 is 3.17 bits per heavy atom. The van der Waals surface area contributed by atoms with Crippen LogP contribution in [0.2, 0.25) is 0 Å². The molecule has 1 atom stereocenters. The van der Waals surface area contributed by atoms with Gasteiger partial charge in [0.1, 0.15) is 5.75 Å². The Labute approximate surface area is 107 Å². The standard InChI is InChI=1S/C14H19NO3/c1-15-14(17)8-9-18-13-7-3-4-10-11(13)5-2-6-12(10)16/h3-4,7,12,16H,2,5-6,8-9H2,1H3,(H,15,17). The maximum atomic E-state index is 11.1. The van der Waals surface area contributed by atoms with Gasteiger partial charge in [0, 0.05) is 7.05 Å². The van der Waals surface area contributed by atoms with Gasteiger partial charge >= 0.3 is 0 Å². The van der Waals surface area contributed by atoms with Crippen molar-refractivity contribution in [2.45, 2.75) is 31.8 Å². The van der Waals surface area contributed by atoms with E-state index < -0.39 is 0 Å². The molecular weight excluding hydrogens is 230 g/mol. The average molecular weight is 249 g/mol. The summed E-state index contributed by atoms with van der Waals surface area (Å²) in [6, 6.07) is 5.74. The maximum absolute atomic E-state index is 11.1. The fourth-order valence-electron chi connectivity index (χ4n) is 2.30. The van der Waals surface area contributed by atoms with Crippen LogP contribution in [0.1, 0.15) is 36.5 Å². The van der Waals surface area contributed by atoms with Crippen LogP contribution in [0, 0.1) is 0 Å². The second-order valence-electron chi connectivity index (χ2n) is 4.50. The first kappa shape index (κ1) is 12.9. The number of nitrogens with one attached hydrogen (secondary N) is 1. The molecule has 1 aliphatic carbocycles. The van der Waals surface area contributed by atoms with Gasteiger partial charge in [0.25, 0.3) is 0 Å². The summed E-state index contributed by atoms with van der Waals surface area (Å²) in [5, 5.41) is 12.5. The molecule has 18 heavy (non-hydrogen) atoms. The normalized spacial score (nSPS) is 18.0. The van der Waals surface area contributed by atoms with Crippen molar-refractivity contribution in [3.63, 3.8) is 0 Å². The fraction of sp³-hybridized carbons (Fsp3) is 0.500. The second-order valence-corrected chi connectivity index (χ2v) is 4.50. The molecule has 1 aromatic rings. The van der Waals surface area contributed by atoms with E-state index in [1.165, 1.54) is 0 Å². The molecule has 2 N–H and O–H groups in total. The molecule has 4 heteroatoms. The van der Waals surface area contributed by atoms with Crippen molar-refractivity contribution in [1.82, 2.24) is 5.32 Å². The SMILES string of the molecule is CNC(=O)CCOc1cccc2c1CCCC2O.